The molecule has 1 saturated heterocycles. The molecule has 0 spiro atoms. The fourth-order valence-electron chi connectivity index (χ4n) is 4.06. The second kappa shape index (κ2) is 10.5. The molecule has 0 aromatic carbocycles. The fourth-order valence-corrected chi connectivity index (χ4v) is 6.78. The van der Waals surface area contributed by atoms with Gasteiger partial charge in [0.25, 0.3) is 11.8 Å². The van der Waals surface area contributed by atoms with Crippen molar-refractivity contribution < 1.29 is 38.8 Å². The monoisotopic (exact) mass is 602 g/mol. The Kier molecular flexibility index (Phi) is 7.24. The largest absolute Gasteiger partial charge is 0.543 e. The van der Waals surface area contributed by atoms with E-state index in [0.29, 0.717) is 11.3 Å². The molecular weight excluding hydrogens is 581 g/mol. The fraction of sp³-hybridized carbons (Fsp3) is 0.292. The number of oxime groups is 1. The smallest absolute Gasteiger partial charge is 0.350 e. The Morgan fingerprint density at radius 2 is 2.12 bits per heavy atom. The number of hydrogen-bond donors (Lipinski definition) is 3. The maximum absolute atomic E-state index is 13.2. The maximum atomic E-state index is 13.2. The number of carbonyl (C=O) groups is 4. The lowest BCUT2D eigenvalue weighted by atomic mass is 10.0. The molecule has 208 valence electrons. The van der Waals surface area contributed by atoms with Crippen molar-refractivity contribution in [2.45, 2.75) is 37.4 Å². The normalized spacial score (nSPS) is 19.3. The lowest BCUT2D eigenvalue weighted by Crippen LogP contribution is -2.71. The minimum Gasteiger partial charge on any atom is -0.543 e. The molecule has 13 nitrogen and oxygen atoms in total. The highest BCUT2D eigenvalue weighted by Gasteiger charge is 2.53. The average molecular weight is 603 g/mol. The predicted octanol–water partition coefficient (Wildman–Crippen LogP) is -0.0845. The number of rotatable bonds is 9. The SMILES string of the molecule is CC(C)(ON=C(C(=O)NC1C(=O)N2C(C(=O)[O-])=C(C[n+]3ccc4ccsc4c3)CS[C@H]12)c1csc(N)n1)C(=O)O. The molecule has 2 aliphatic rings. The van der Waals surface area contributed by atoms with Gasteiger partial charge in [-0.2, -0.15) is 4.57 Å². The molecule has 0 saturated carbocycles. The minimum absolute atomic E-state index is 0.0263. The summed E-state index contributed by atoms with van der Waals surface area (Å²) in [4.78, 5) is 60.1. The number of thiazole rings is 1. The molecule has 0 bridgehead atoms. The lowest BCUT2D eigenvalue weighted by molar-refractivity contribution is -0.687. The lowest BCUT2D eigenvalue weighted by Gasteiger charge is -2.50. The summed E-state index contributed by atoms with van der Waals surface area (Å²) in [5.74, 6) is -4.01. The highest BCUT2D eigenvalue weighted by Crippen LogP contribution is 2.40. The van der Waals surface area contributed by atoms with Crippen LogP contribution in [0, 0.1) is 0 Å². The quantitative estimate of drug-likeness (QED) is 0.129. The number of amides is 2. The number of thiophene rings is 1. The molecule has 16 heteroatoms. The number of aliphatic carboxylic acids is 2. The molecule has 5 heterocycles. The number of nitrogens with one attached hydrogen (secondary N) is 1. The summed E-state index contributed by atoms with van der Waals surface area (Å²) in [7, 11) is 0. The van der Waals surface area contributed by atoms with Crippen LogP contribution in [-0.4, -0.2) is 67.2 Å². The number of pyridine rings is 1. The number of hydrogen-bond acceptors (Lipinski definition) is 12. The van der Waals surface area contributed by atoms with Gasteiger partial charge in [0.15, 0.2) is 29.8 Å². The molecule has 1 unspecified atom stereocenters. The molecule has 3 aromatic rings. The number of carbonyl (C=O) groups excluding carboxylic acids is 3. The van der Waals surface area contributed by atoms with Crippen LogP contribution in [-0.2, 0) is 30.6 Å². The zero-order valence-corrected chi connectivity index (χ0v) is 23.5. The Bertz CT molecular complexity index is 1610. The van der Waals surface area contributed by atoms with Gasteiger partial charge in [-0.25, -0.2) is 9.78 Å². The summed E-state index contributed by atoms with van der Waals surface area (Å²) in [6, 6.07) is 2.85. The Morgan fingerprint density at radius 1 is 1.35 bits per heavy atom. The zero-order chi connectivity index (χ0) is 28.8. The Labute approximate surface area is 238 Å². The number of aromatic nitrogens is 2. The number of nitrogen functional groups attached to an aromatic ring is 1. The molecule has 4 N–H and O–H groups in total. The van der Waals surface area contributed by atoms with Gasteiger partial charge >= 0.3 is 5.97 Å². The number of fused-ring (bicyclic) bond motifs is 2. The summed E-state index contributed by atoms with van der Waals surface area (Å²) < 4.78 is 2.89. The van der Waals surface area contributed by atoms with Gasteiger partial charge in [-0.05, 0) is 25.3 Å². The predicted molar refractivity (Wildman–Crippen MR) is 145 cm³/mol. The Morgan fingerprint density at radius 3 is 2.80 bits per heavy atom. The molecule has 3 aromatic heterocycles. The number of β-lactam (4-membered cyclic amide) rings is 1. The van der Waals surface area contributed by atoms with Crippen LogP contribution in [0.3, 0.4) is 0 Å². The van der Waals surface area contributed by atoms with Crippen molar-refractivity contribution in [3.63, 3.8) is 0 Å². The van der Waals surface area contributed by atoms with E-state index in [1.807, 2.05) is 34.5 Å². The number of carboxylic acid groups (broad SMARTS) is 2. The van der Waals surface area contributed by atoms with E-state index in [-0.39, 0.29) is 28.8 Å². The molecule has 0 radical (unpaired) electrons. The van der Waals surface area contributed by atoms with Gasteiger partial charge in [0.05, 0.1) is 16.4 Å². The van der Waals surface area contributed by atoms with Gasteiger partial charge in [-0.3, -0.25) is 14.5 Å². The number of carboxylic acids is 2. The third-order valence-electron chi connectivity index (χ3n) is 6.22. The maximum Gasteiger partial charge on any atom is 0.350 e. The Hall–Kier alpha value is -4.02. The molecule has 2 amide bonds. The van der Waals surface area contributed by atoms with Crippen LogP contribution < -0.4 is 20.7 Å². The highest BCUT2D eigenvalue weighted by molar-refractivity contribution is 8.00. The van der Waals surface area contributed by atoms with E-state index in [4.69, 9.17) is 10.6 Å². The van der Waals surface area contributed by atoms with Crippen LogP contribution in [0.25, 0.3) is 10.1 Å². The molecule has 0 aliphatic carbocycles. The van der Waals surface area contributed by atoms with Gasteiger partial charge in [-0.1, -0.05) is 5.16 Å². The van der Waals surface area contributed by atoms with Gasteiger partial charge in [-0.15, -0.1) is 34.4 Å². The summed E-state index contributed by atoms with van der Waals surface area (Å²) in [5, 5.41) is 31.6. The van der Waals surface area contributed by atoms with Crippen molar-refractivity contribution in [2.75, 3.05) is 11.5 Å². The van der Waals surface area contributed by atoms with E-state index in [2.05, 4.69) is 15.5 Å². The summed E-state index contributed by atoms with van der Waals surface area (Å²) in [6.07, 6.45) is 3.75. The molecule has 2 atom stereocenters. The van der Waals surface area contributed by atoms with Crippen molar-refractivity contribution in [3.05, 3.63) is 52.3 Å². The minimum atomic E-state index is -1.76. The van der Waals surface area contributed by atoms with Crippen molar-refractivity contribution in [3.8, 4) is 0 Å². The van der Waals surface area contributed by atoms with Crippen LogP contribution in [0.15, 0.2) is 51.7 Å². The van der Waals surface area contributed by atoms with Gasteiger partial charge < -0.3 is 30.9 Å². The van der Waals surface area contributed by atoms with Gasteiger partial charge in [0, 0.05) is 28.2 Å². The van der Waals surface area contributed by atoms with Crippen LogP contribution in [0.5, 0.6) is 0 Å². The first-order valence-corrected chi connectivity index (χ1v) is 14.5. The zero-order valence-electron chi connectivity index (χ0n) is 21.0. The van der Waals surface area contributed by atoms with E-state index in [1.165, 1.54) is 31.0 Å². The van der Waals surface area contributed by atoms with E-state index in [0.717, 1.165) is 26.3 Å². The van der Waals surface area contributed by atoms with Crippen molar-refractivity contribution in [1.29, 1.82) is 0 Å². The summed E-state index contributed by atoms with van der Waals surface area (Å²) in [5.41, 5.74) is 3.85. The number of nitrogens with zero attached hydrogens (tertiary/aromatic N) is 4. The van der Waals surface area contributed by atoms with Crippen molar-refractivity contribution >= 4 is 79.1 Å². The van der Waals surface area contributed by atoms with E-state index in [9.17, 15) is 29.4 Å². The second-order valence-corrected chi connectivity index (χ2v) is 12.3. The van der Waals surface area contributed by atoms with Gasteiger partial charge in [0.1, 0.15) is 17.1 Å². The second-order valence-electron chi connectivity index (χ2n) is 9.38. The topological polar surface area (TPSA) is 191 Å². The number of thioether (sulfide) groups is 1. The summed E-state index contributed by atoms with van der Waals surface area (Å²) >= 11 is 3.89. The van der Waals surface area contributed by atoms with E-state index < -0.39 is 40.8 Å². The highest BCUT2D eigenvalue weighted by atomic mass is 32.2. The van der Waals surface area contributed by atoms with Gasteiger partial charge in [0.2, 0.25) is 5.60 Å². The number of anilines is 1. The number of nitrogens with two attached hydrogens (primary N) is 1. The molecular formula is C24H22N6O7S3. The first-order valence-electron chi connectivity index (χ1n) is 11.7. The molecule has 5 rings (SSSR count). The van der Waals surface area contributed by atoms with Crippen LogP contribution in [0.4, 0.5) is 5.13 Å². The molecule has 1 fully saturated rings. The third-order valence-corrected chi connectivity index (χ3v) is 9.10. The first kappa shape index (κ1) is 27.5. The third kappa shape index (κ3) is 5.12. The standard InChI is InChI=1S/C24H22N6O7S3/c1-24(2,22(35)36)37-28-15(13-10-40-23(25)26-13)18(31)27-16-19(32)30-17(21(33)34)12(9-39-20(16)30)7-29-5-3-11-4-6-38-14(11)8-29/h3-6,8,10,16,20H,7,9H2,1-2H3,(H4-,25,26,27,31,33,34,35,36)/t16?,20-/m1/s1. The van der Waals surface area contributed by atoms with Crippen molar-refractivity contribution in [2.24, 2.45) is 5.16 Å². The molecule has 2 aliphatic heterocycles. The average Bonchev–Trinajstić information content (AvgIpc) is 3.55. The van der Waals surface area contributed by atoms with E-state index in [1.54, 1.807) is 11.3 Å². The first-order chi connectivity index (χ1) is 19.0. The Balaban J connectivity index is 1.36. The van der Waals surface area contributed by atoms with Crippen molar-refractivity contribution in [1.82, 2.24) is 15.2 Å². The van der Waals surface area contributed by atoms with Crippen LogP contribution in [0.1, 0.15) is 19.5 Å². The van der Waals surface area contributed by atoms with Crippen LogP contribution >= 0.6 is 34.4 Å². The summed E-state index contributed by atoms with van der Waals surface area (Å²) in [6.45, 7) is 2.74. The van der Waals surface area contributed by atoms with E-state index >= 15 is 0 Å². The molecule has 40 heavy (non-hydrogen) atoms. The van der Waals surface area contributed by atoms with Crippen LogP contribution in [0.2, 0.25) is 0 Å².